The second-order valence-corrected chi connectivity index (χ2v) is 9.72. The van der Waals surface area contributed by atoms with E-state index in [2.05, 4.69) is 31.1 Å². The van der Waals surface area contributed by atoms with Crippen molar-refractivity contribution in [3.63, 3.8) is 0 Å². The predicted octanol–water partition coefficient (Wildman–Crippen LogP) is 1.68. The molecule has 1 unspecified atom stereocenters. The number of rotatable bonds is 4. The molecule has 0 radical (unpaired) electrons. The summed E-state index contributed by atoms with van der Waals surface area (Å²) in [4.78, 5) is 16.4. The fraction of sp³-hybridized carbons (Fsp3) is 0.714. The van der Waals surface area contributed by atoms with Gasteiger partial charge in [-0.1, -0.05) is 20.8 Å². The van der Waals surface area contributed by atoms with Crippen molar-refractivity contribution in [2.75, 3.05) is 11.5 Å². The van der Waals surface area contributed by atoms with Crippen LogP contribution in [-0.2, 0) is 26.5 Å². The highest BCUT2D eigenvalue weighted by molar-refractivity contribution is 7.91. The molecule has 2 rings (SSSR count). The van der Waals surface area contributed by atoms with Crippen LogP contribution in [0.3, 0.4) is 0 Å². The maximum atomic E-state index is 11.9. The van der Waals surface area contributed by atoms with Crippen molar-refractivity contribution < 1.29 is 13.2 Å². The number of carbonyl (C=O) groups excluding carboxylic acids is 1. The lowest BCUT2D eigenvalue weighted by Gasteiger charge is -2.14. The van der Waals surface area contributed by atoms with Crippen LogP contribution in [-0.4, -0.2) is 36.9 Å². The van der Waals surface area contributed by atoms with Crippen LogP contribution < -0.4 is 5.32 Å². The van der Waals surface area contributed by atoms with E-state index >= 15 is 0 Å². The maximum absolute atomic E-state index is 11.9. The quantitative estimate of drug-likeness (QED) is 0.911. The highest BCUT2D eigenvalue weighted by Gasteiger charge is 2.28. The summed E-state index contributed by atoms with van der Waals surface area (Å²) in [5.41, 5.74) is 1.07. The third-order valence-electron chi connectivity index (χ3n) is 3.48. The molecule has 1 aromatic heterocycles. The molecule has 1 fully saturated rings. The van der Waals surface area contributed by atoms with E-state index in [1.165, 1.54) is 0 Å². The molecule has 5 nitrogen and oxygen atoms in total. The molecule has 0 aromatic carbocycles. The van der Waals surface area contributed by atoms with Crippen molar-refractivity contribution in [3.05, 3.63) is 16.1 Å². The molecule has 1 amide bonds. The zero-order chi connectivity index (χ0) is 15.7. The predicted molar refractivity (Wildman–Crippen MR) is 84.3 cm³/mol. The molecule has 7 heteroatoms. The van der Waals surface area contributed by atoms with E-state index in [-0.39, 0.29) is 28.9 Å². The zero-order valence-corrected chi connectivity index (χ0v) is 14.3. The van der Waals surface area contributed by atoms with E-state index in [4.69, 9.17) is 0 Å². The van der Waals surface area contributed by atoms with Crippen LogP contribution in [0, 0.1) is 0 Å². The second kappa shape index (κ2) is 6.04. The van der Waals surface area contributed by atoms with Crippen LogP contribution in [0.4, 0.5) is 0 Å². The summed E-state index contributed by atoms with van der Waals surface area (Å²) in [7, 11) is -2.95. The first-order valence-electron chi connectivity index (χ1n) is 7.10. The van der Waals surface area contributed by atoms with Gasteiger partial charge < -0.3 is 5.32 Å². The molecule has 1 saturated heterocycles. The Labute approximate surface area is 130 Å². The largest absolute Gasteiger partial charge is 0.352 e. The summed E-state index contributed by atoms with van der Waals surface area (Å²) in [6.07, 6.45) is 1.49. The van der Waals surface area contributed by atoms with E-state index in [1.54, 1.807) is 11.3 Å². The molecular weight excluding hydrogens is 308 g/mol. The smallest absolute Gasteiger partial charge is 0.220 e. The Bertz CT molecular complexity index is 614. The molecule has 0 aliphatic carbocycles. The molecule has 1 aliphatic heterocycles. The number of aryl methyl sites for hydroxylation is 1. The van der Waals surface area contributed by atoms with Crippen LogP contribution in [0.2, 0.25) is 0 Å². The van der Waals surface area contributed by atoms with Crippen molar-refractivity contribution in [2.24, 2.45) is 0 Å². The highest BCUT2D eigenvalue weighted by Crippen LogP contribution is 2.24. The lowest BCUT2D eigenvalue weighted by atomic mass is 9.93. The van der Waals surface area contributed by atoms with Crippen LogP contribution in [0.5, 0.6) is 0 Å². The molecule has 1 aromatic rings. The number of sulfone groups is 1. The van der Waals surface area contributed by atoms with Gasteiger partial charge in [-0.25, -0.2) is 13.4 Å². The van der Waals surface area contributed by atoms with Gasteiger partial charge in [0.1, 0.15) is 0 Å². The van der Waals surface area contributed by atoms with Gasteiger partial charge in [0, 0.05) is 29.7 Å². The Morgan fingerprint density at radius 1 is 1.48 bits per heavy atom. The zero-order valence-electron chi connectivity index (χ0n) is 12.7. The Kier molecular flexibility index (Phi) is 4.72. The summed E-state index contributed by atoms with van der Waals surface area (Å²) in [5, 5.41) is 5.79. The molecule has 2 heterocycles. The van der Waals surface area contributed by atoms with E-state index < -0.39 is 9.84 Å². The number of nitrogens with one attached hydrogen (secondary N) is 1. The first kappa shape index (κ1) is 16.4. The third-order valence-corrected chi connectivity index (χ3v) is 6.16. The summed E-state index contributed by atoms with van der Waals surface area (Å²) in [6, 6.07) is -0.219. The number of hydrogen-bond acceptors (Lipinski definition) is 5. The van der Waals surface area contributed by atoms with Gasteiger partial charge in [-0.2, -0.15) is 0 Å². The van der Waals surface area contributed by atoms with Crippen LogP contribution >= 0.6 is 11.3 Å². The Morgan fingerprint density at radius 3 is 2.71 bits per heavy atom. The van der Waals surface area contributed by atoms with Gasteiger partial charge in [-0.05, 0) is 6.42 Å². The van der Waals surface area contributed by atoms with Crippen LogP contribution in [0.15, 0.2) is 5.38 Å². The van der Waals surface area contributed by atoms with Gasteiger partial charge in [0.05, 0.1) is 22.2 Å². The minimum atomic E-state index is -2.95. The summed E-state index contributed by atoms with van der Waals surface area (Å²) in [5.74, 6) is 0.161. The maximum Gasteiger partial charge on any atom is 0.220 e. The lowest BCUT2D eigenvalue weighted by molar-refractivity contribution is -0.121. The summed E-state index contributed by atoms with van der Waals surface area (Å²) < 4.78 is 22.7. The number of carbonyl (C=O) groups is 1. The number of hydrogen-bond donors (Lipinski definition) is 1. The lowest BCUT2D eigenvalue weighted by Crippen LogP contribution is -2.35. The van der Waals surface area contributed by atoms with Gasteiger partial charge in [0.25, 0.3) is 0 Å². The van der Waals surface area contributed by atoms with Crippen LogP contribution in [0.1, 0.15) is 44.3 Å². The molecule has 1 N–H and O–H groups in total. The van der Waals surface area contributed by atoms with Gasteiger partial charge in [0.15, 0.2) is 9.84 Å². The van der Waals surface area contributed by atoms with Crippen molar-refractivity contribution >= 4 is 27.1 Å². The Hall–Kier alpha value is -0.950. The van der Waals surface area contributed by atoms with Crippen molar-refractivity contribution in [1.82, 2.24) is 10.3 Å². The SMILES string of the molecule is CC(C)(C)c1csc(CCC(=O)NC2CCS(=O)(=O)C2)n1. The minimum absolute atomic E-state index is 0.0230. The van der Waals surface area contributed by atoms with Crippen molar-refractivity contribution in [3.8, 4) is 0 Å². The summed E-state index contributed by atoms with van der Waals surface area (Å²) in [6.45, 7) is 6.33. The highest BCUT2D eigenvalue weighted by atomic mass is 32.2. The third kappa shape index (κ3) is 4.78. The molecule has 118 valence electrons. The average Bonchev–Trinajstić information content (AvgIpc) is 2.93. The molecule has 0 spiro atoms. The van der Waals surface area contributed by atoms with Gasteiger partial charge >= 0.3 is 0 Å². The fourth-order valence-corrected chi connectivity index (χ4v) is 4.90. The van der Waals surface area contributed by atoms with E-state index in [1.807, 2.05) is 5.38 Å². The average molecular weight is 330 g/mol. The van der Waals surface area contributed by atoms with E-state index in [0.717, 1.165) is 10.7 Å². The molecule has 1 atom stereocenters. The van der Waals surface area contributed by atoms with Crippen LogP contribution in [0.25, 0.3) is 0 Å². The van der Waals surface area contributed by atoms with Gasteiger partial charge in [-0.15, -0.1) is 11.3 Å². The number of amides is 1. The van der Waals surface area contributed by atoms with Crippen molar-refractivity contribution in [1.29, 1.82) is 0 Å². The molecule has 21 heavy (non-hydrogen) atoms. The number of nitrogens with zero attached hydrogens (tertiary/aromatic N) is 1. The minimum Gasteiger partial charge on any atom is -0.352 e. The second-order valence-electron chi connectivity index (χ2n) is 6.54. The molecule has 1 aliphatic rings. The Morgan fingerprint density at radius 2 is 2.19 bits per heavy atom. The van der Waals surface area contributed by atoms with Gasteiger partial charge in [0.2, 0.25) is 5.91 Å². The van der Waals surface area contributed by atoms with E-state index in [9.17, 15) is 13.2 Å². The monoisotopic (exact) mass is 330 g/mol. The van der Waals surface area contributed by atoms with Crippen molar-refractivity contribution in [2.45, 2.75) is 51.5 Å². The molecule has 0 bridgehead atoms. The van der Waals surface area contributed by atoms with Gasteiger partial charge in [-0.3, -0.25) is 4.79 Å². The first-order valence-corrected chi connectivity index (χ1v) is 9.80. The molecule has 0 saturated carbocycles. The number of thiazole rings is 1. The topological polar surface area (TPSA) is 76.1 Å². The Balaban J connectivity index is 1.81. The van der Waals surface area contributed by atoms with E-state index in [0.29, 0.717) is 19.3 Å². The summed E-state index contributed by atoms with van der Waals surface area (Å²) >= 11 is 1.57. The normalized spacial score (nSPS) is 21.4. The molecular formula is C14H22N2O3S2. The standard InChI is InChI=1S/C14H22N2O3S2/c1-14(2,3)11-8-20-13(16-11)5-4-12(17)15-10-6-7-21(18,19)9-10/h8,10H,4-7,9H2,1-3H3,(H,15,17). The number of aromatic nitrogens is 1. The first-order chi connectivity index (χ1) is 9.66. The fourth-order valence-electron chi connectivity index (χ4n) is 2.20.